The summed E-state index contributed by atoms with van der Waals surface area (Å²) in [5.74, 6) is -0.932. The van der Waals surface area contributed by atoms with Gasteiger partial charge in [0.15, 0.2) is 0 Å². The summed E-state index contributed by atoms with van der Waals surface area (Å²) < 4.78 is 0. The highest BCUT2D eigenvalue weighted by Gasteiger charge is 2.40. The first-order chi connectivity index (χ1) is 9.12. The summed E-state index contributed by atoms with van der Waals surface area (Å²) in [6.45, 7) is 0.430. The molecule has 1 aromatic heterocycles. The van der Waals surface area contributed by atoms with E-state index in [9.17, 15) is 14.7 Å². The second-order valence-electron chi connectivity index (χ2n) is 4.83. The fourth-order valence-corrected chi connectivity index (χ4v) is 3.03. The number of carbonyl (C=O) groups is 2. The highest BCUT2D eigenvalue weighted by Crippen LogP contribution is 2.28. The Kier molecular flexibility index (Phi) is 4.42. The standard InChI is InChI=1S/C13H18N2O3S/c16-11(17)13(6-2-1-3-7-13)15-12(18)14-9-10-5-4-8-19-10/h4-5,8H,1-3,6-7,9H2,(H,16,17)(H2,14,15,18). The van der Waals surface area contributed by atoms with E-state index in [1.54, 1.807) is 11.3 Å². The first-order valence-corrected chi connectivity index (χ1v) is 7.32. The second kappa shape index (κ2) is 6.06. The quantitative estimate of drug-likeness (QED) is 0.793. The molecule has 0 saturated heterocycles. The molecule has 1 aliphatic carbocycles. The molecule has 0 aliphatic heterocycles. The highest BCUT2D eigenvalue weighted by atomic mass is 32.1. The predicted molar refractivity (Wildman–Crippen MR) is 73.1 cm³/mol. The van der Waals surface area contributed by atoms with E-state index >= 15 is 0 Å². The smallest absolute Gasteiger partial charge is 0.329 e. The predicted octanol–water partition coefficient (Wildman–Crippen LogP) is 2.33. The Bertz CT molecular complexity index is 439. The number of thiophene rings is 1. The van der Waals surface area contributed by atoms with Crippen LogP contribution in [0.2, 0.25) is 0 Å². The lowest BCUT2D eigenvalue weighted by molar-refractivity contribution is -0.145. The van der Waals surface area contributed by atoms with Crippen LogP contribution in [-0.2, 0) is 11.3 Å². The Labute approximate surface area is 116 Å². The number of carboxylic acids is 1. The van der Waals surface area contributed by atoms with Gasteiger partial charge >= 0.3 is 12.0 Å². The van der Waals surface area contributed by atoms with E-state index in [2.05, 4.69) is 10.6 Å². The summed E-state index contributed by atoms with van der Waals surface area (Å²) >= 11 is 1.56. The summed E-state index contributed by atoms with van der Waals surface area (Å²) in [5, 5.41) is 16.6. The van der Waals surface area contributed by atoms with E-state index in [-0.39, 0.29) is 0 Å². The van der Waals surface area contributed by atoms with Gasteiger partial charge in [-0.3, -0.25) is 0 Å². The average molecular weight is 282 g/mol. The van der Waals surface area contributed by atoms with Crippen LogP contribution in [0.1, 0.15) is 37.0 Å². The molecule has 0 unspecified atom stereocenters. The Morgan fingerprint density at radius 2 is 2.05 bits per heavy atom. The third-order valence-corrected chi connectivity index (χ3v) is 4.35. The Hall–Kier alpha value is -1.56. The molecule has 0 aromatic carbocycles. The topological polar surface area (TPSA) is 78.4 Å². The lowest BCUT2D eigenvalue weighted by Gasteiger charge is -2.33. The molecule has 19 heavy (non-hydrogen) atoms. The van der Waals surface area contributed by atoms with Crippen LogP contribution in [-0.4, -0.2) is 22.6 Å². The highest BCUT2D eigenvalue weighted by molar-refractivity contribution is 7.09. The third-order valence-electron chi connectivity index (χ3n) is 3.47. The molecular weight excluding hydrogens is 264 g/mol. The summed E-state index contributed by atoms with van der Waals surface area (Å²) in [7, 11) is 0. The molecule has 0 bridgehead atoms. The van der Waals surface area contributed by atoms with E-state index < -0.39 is 17.5 Å². The number of aliphatic carboxylic acids is 1. The number of nitrogens with one attached hydrogen (secondary N) is 2. The van der Waals surface area contributed by atoms with Crippen LogP contribution in [0.5, 0.6) is 0 Å². The summed E-state index contributed by atoms with van der Waals surface area (Å²) in [6.07, 6.45) is 3.74. The first-order valence-electron chi connectivity index (χ1n) is 6.44. The van der Waals surface area contributed by atoms with E-state index in [1.165, 1.54) is 0 Å². The fourth-order valence-electron chi connectivity index (χ4n) is 2.39. The largest absolute Gasteiger partial charge is 0.480 e. The molecule has 2 amide bonds. The average Bonchev–Trinajstić information content (AvgIpc) is 2.90. The molecule has 1 fully saturated rings. The Balaban J connectivity index is 1.90. The monoisotopic (exact) mass is 282 g/mol. The SMILES string of the molecule is O=C(NCc1cccs1)NC1(C(=O)O)CCCCC1. The van der Waals surface area contributed by atoms with Gasteiger partial charge in [-0.1, -0.05) is 25.3 Å². The minimum atomic E-state index is -1.09. The van der Waals surface area contributed by atoms with Crippen molar-refractivity contribution in [2.75, 3.05) is 0 Å². The van der Waals surface area contributed by atoms with Crippen molar-refractivity contribution in [1.29, 1.82) is 0 Å². The van der Waals surface area contributed by atoms with Gasteiger partial charge in [0.25, 0.3) is 0 Å². The molecule has 1 aromatic rings. The minimum Gasteiger partial charge on any atom is -0.480 e. The zero-order valence-electron chi connectivity index (χ0n) is 10.6. The molecule has 0 radical (unpaired) electrons. The van der Waals surface area contributed by atoms with Crippen LogP contribution < -0.4 is 10.6 Å². The normalized spacial score (nSPS) is 17.7. The van der Waals surface area contributed by atoms with Crippen LogP contribution in [0.15, 0.2) is 17.5 Å². The molecule has 3 N–H and O–H groups in total. The van der Waals surface area contributed by atoms with E-state index in [0.29, 0.717) is 19.4 Å². The molecule has 2 rings (SSSR count). The van der Waals surface area contributed by atoms with Crippen molar-refractivity contribution < 1.29 is 14.7 Å². The third kappa shape index (κ3) is 3.47. The molecule has 0 atom stereocenters. The van der Waals surface area contributed by atoms with Gasteiger partial charge < -0.3 is 15.7 Å². The van der Waals surface area contributed by atoms with Gasteiger partial charge in [-0.15, -0.1) is 11.3 Å². The maximum absolute atomic E-state index is 11.8. The lowest BCUT2D eigenvalue weighted by atomic mass is 9.82. The van der Waals surface area contributed by atoms with Crippen LogP contribution in [0, 0.1) is 0 Å². The van der Waals surface area contributed by atoms with Crippen LogP contribution in [0.25, 0.3) is 0 Å². The summed E-state index contributed by atoms with van der Waals surface area (Å²) in [4.78, 5) is 24.3. The number of urea groups is 1. The van der Waals surface area contributed by atoms with Crippen molar-refractivity contribution in [3.05, 3.63) is 22.4 Å². The van der Waals surface area contributed by atoms with Crippen LogP contribution in [0.3, 0.4) is 0 Å². The lowest BCUT2D eigenvalue weighted by Crippen LogP contribution is -2.57. The van der Waals surface area contributed by atoms with Crippen molar-refractivity contribution in [2.24, 2.45) is 0 Å². The zero-order valence-corrected chi connectivity index (χ0v) is 11.5. The maximum atomic E-state index is 11.8. The van der Waals surface area contributed by atoms with Crippen molar-refractivity contribution in [1.82, 2.24) is 10.6 Å². The van der Waals surface area contributed by atoms with Crippen molar-refractivity contribution in [3.8, 4) is 0 Å². The summed E-state index contributed by atoms with van der Waals surface area (Å²) in [5.41, 5.74) is -1.09. The zero-order chi connectivity index (χ0) is 13.7. The Morgan fingerprint density at radius 3 is 2.63 bits per heavy atom. The maximum Gasteiger partial charge on any atom is 0.329 e. The van der Waals surface area contributed by atoms with Gasteiger partial charge in [0.05, 0.1) is 6.54 Å². The molecule has 1 saturated carbocycles. The summed E-state index contributed by atoms with van der Waals surface area (Å²) in [6, 6.07) is 3.44. The van der Waals surface area contributed by atoms with E-state index in [1.807, 2.05) is 17.5 Å². The number of hydrogen-bond donors (Lipinski definition) is 3. The van der Waals surface area contributed by atoms with Crippen molar-refractivity contribution in [2.45, 2.75) is 44.2 Å². The number of carboxylic acid groups (broad SMARTS) is 1. The molecule has 104 valence electrons. The van der Waals surface area contributed by atoms with Crippen LogP contribution >= 0.6 is 11.3 Å². The van der Waals surface area contributed by atoms with E-state index in [4.69, 9.17) is 0 Å². The molecule has 6 heteroatoms. The van der Waals surface area contributed by atoms with Crippen molar-refractivity contribution >= 4 is 23.3 Å². The number of hydrogen-bond acceptors (Lipinski definition) is 3. The Morgan fingerprint density at radius 1 is 1.32 bits per heavy atom. The second-order valence-corrected chi connectivity index (χ2v) is 5.87. The number of rotatable bonds is 4. The van der Waals surface area contributed by atoms with Gasteiger partial charge in [0.1, 0.15) is 5.54 Å². The van der Waals surface area contributed by atoms with E-state index in [0.717, 1.165) is 24.1 Å². The van der Waals surface area contributed by atoms with Gasteiger partial charge in [0, 0.05) is 4.88 Å². The van der Waals surface area contributed by atoms with Gasteiger partial charge in [-0.05, 0) is 24.3 Å². The fraction of sp³-hybridized carbons (Fsp3) is 0.538. The number of amides is 2. The number of carbonyl (C=O) groups excluding carboxylic acids is 1. The van der Waals surface area contributed by atoms with Gasteiger partial charge in [0.2, 0.25) is 0 Å². The molecule has 1 heterocycles. The first kappa shape index (κ1) is 13.9. The van der Waals surface area contributed by atoms with Crippen LogP contribution in [0.4, 0.5) is 4.79 Å². The molecule has 1 aliphatic rings. The molecule has 0 spiro atoms. The van der Waals surface area contributed by atoms with Gasteiger partial charge in [-0.2, -0.15) is 0 Å². The molecule has 5 nitrogen and oxygen atoms in total. The van der Waals surface area contributed by atoms with Crippen molar-refractivity contribution in [3.63, 3.8) is 0 Å². The minimum absolute atomic E-state index is 0.405. The van der Waals surface area contributed by atoms with Gasteiger partial charge in [-0.25, -0.2) is 9.59 Å². The molecular formula is C13H18N2O3S.